The van der Waals surface area contributed by atoms with Crippen LogP contribution in [-0.4, -0.2) is 31.7 Å². The third-order valence-corrected chi connectivity index (χ3v) is 4.82. The molecule has 0 spiro atoms. The molecule has 0 aliphatic rings. The summed E-state index contributed by atoms with van der Waals surface area (Å²) in [7, 11) is -3.89. The summed E-state index contributed by atoms with van der Waals surface area (Å²) in [6, 6.07) is 13.2. The summed E-state index contributed by atoms with van der Waals surface area (Å²) < 4.78 is 24.0. The lowest BCUT2D eigenvalue weighted by Gasteiger charge is -2.08. The first-order valence-corrected chi connectivity index (χ1v) is 9.56. The topological polar surface area (TPSA) is 92.3 Å². The lowest BCUT2D eigenvalue weighted by atomic mass is 10.2. The Kier molecular flexibility index (Phi) is 6.17. The van der Waals surface area contributed by atoms with E-state index < -0.39 is 33.2 Å². The zero-order valence-corrected chi connectivity index (χ0v) is 15.0. The van der Waals surface area contributed by atoms with Crippen molar-refractivity contribution in [1.82, 2.24) is 0 Å². The maximum atomic E-state index is 12.0. The fourth-order valence-electron chi connectivity index (χ4n) is 2.01. The van der Waals surface area contributed by atoms with E-state index in [2.05, 4.69) is 10.6 Å². The van der Waals surface area contributed by atoms with Gasteiger partial charge < -0.3 is 10.6 Å². The number of nitrogens with one attached hydrogen (secondary N) is 2. The number of amides is 2. The Bertz CT molecular complexity index is 795. The molecule has 0 aromatic heterocycles. The van der Waals surface area contributed by atoms with Gasteiger partial charge in [0.25, 0.3) is 0 Å². The van der Waals surface area contributed by atoms with Gasteiger partial charge >= 0.3 is 0 Å². The first-order valence-electron chi connectivity index (χ1n) is 7.36. The van der Waals surface area contributed by atoms with Crippen LogP contribution in [0.25, 0.3) is 0 Å². The number of hydrogen-bond donors (Lipinski definition) is 2. The van der Waals surface area contributed by atoms with Crippen LogP contribution in [0.1, 0.15) is 5.56 Å². The van der Waals surface area contributed by atoms with Crippen LogP contribution in [0.15, 0.2) is 48.5 Å². The molecule has 0 bridgehead atoms. The molecule has 0 aliphatic heterocycles. The van der Waals surface area contributed by atoms with Gasteiger partial charge in [-0.05, 0) is 43.3 Å². The second kappa shape index (κ2) is 8.13. The van der Waals surface area contributed by atoms with Crippen LogP contribution in [0.4, 0.5) is 11.4 Å². The third-order valence-electron chi connectivity index (χ3n) is 3.17. The smallest absolute Gasteiger partial charge is 0.239 e. The molecule has 6 nitrogen and oxygen atoms in total. The molecule has 0 aliphatic carbocycles. The van der Waals surface area contributed by atoms with Crippen molar-refractivity contribution < 1.29 is 18.0 Å². The fraction of sp³-hybridized carbons (Fsp3) is 0.176. The van der Waals surface area contributed by atoms with Crippen LogP contribution < -0.4 is 10.6 Å². The van der Waals surface area contributed by atoms with E-state index in [1.165, 1.54) is 0 Å². The molecule has 0 unspecified atom stereocenters. The number of carbonyl (C=O) groups is 2. The van der Waals surface area contributed by atoms with E-state index in [1.807, 2.05) is 6.92 Å². The summed E-state index contributed by atoms with van der Waals surface area (Å²) >= 11 is 5.73. The molecule has 2 amide bonds. The lowest BCUT2D eigenvalue weighted by Crippen LogP contribution is -2.30. The molecule has 8 heteroatoms. The number of benzene rings is 2. The summed E-state index contributed by atoms with van der Waals surface area (Å²) in [4.78, 5) is 23.7. The molecule has 0 atom stereocenters. The van der Waals surface area contributed by atoms with Crippen LogP contribution in [-0.2, 0) is 19.4 Å². The highest BCUT2D eigenvalue weighted by Crippen LogP contribution is 2.13. The second-order valence-corrected chi connectivity index (χ2v) is 8.00. The number of hydrogen-bond acceptors (Lipinski definition) is 4. The Morgan fingerprint density at radius 1 is 0.840 bits per heavy atom. The fourth-order valence-corrected chi connectivity index (χ4v) is 3.19. The number of rotatable bonds is 6. The van der Waals surface area contributed by atoms with Gasteiger partial charge in [-0.1, -0.05) is 29.3 Å². The van der Waals surface area contributed by atoms with Gasteiger partial charge in [0, 0.05) is 16.4 Å². The summed E-state index contributed by atoms with van der Waals surface area (Å²) in [5.41, 5.74) is 1.94. The van der Waals surface area contributed by atoms with Crippen molar-refractivity contribution in [1.29, 1.82) is 0 Å². The molecular weight excluding hydrogens is 364 g/mol. The Labute approximate surface area is 151 Å². The van der Waals surface area contributed by atoms with Crippen molar-refractivity contribution in [3.8, 4) is 0 Å². The molecule has 0 saturated carbocycles. The van der Waals surface area contributed by atoms with E-state index in [4.69, 9.17) is 11.6 Å². The average molecular weight is 381 g/mol. The third kappa shape index (κ3) is 6.56. The number of carbonyl (C=O) groups excluding carboxylic acids is 2. The molecule has 0 heterocycles. The predicted octanol–water partition coefficient (Wildman–Crippen LogP) is 2.64. The maximum absolute atomic E-state index is 12.0. The molecule has 25 heavy (non-hydrogen) atoms. The Morgan fingerprint density at radius 2 is 1.24 bits per heavy atom. The normalized spacial score (nSPS) is 11.0. The molecule has 0 saturated heterocycles. The van der Waals surface area contributed by atoms with E-state index in [1.54, 1.807) is 48.5 Å². The van der Waals surface area contributed by atoms with Gasteiger partial charge in [-0.15, -0.1) is 0 Å². The van der Waals surface area contributed by atoms with Gasteiger partial charge in [0.05, 0.1) is 0 Å². The van der Waals surface area contributed by atoms with Gasteiger partial charge in [-0.3, -0.25) is 9.59 Å². The molecule has 0 radical (unpaired) electrons. The summed E-state index contributed by atoms with van der Waals surface area (Å²) in [6.45, 7) is 1.90. The number of aryl methyl sites for hydroxylation is 1. The summed E-state index contributed by atoms with van der Waals surface area (Å²) in [5.74, 6) is -2.96. The van der Waals surface area contributed by atoms with Crippen molar-refractivity contribution >= 4 is 44.6 Å². The largest absolute Gasteiger partial charge is 0.325 e. The van der Waals surface area contributed by atoms with Crippen molar-refractivity contribution in [2.75, 3.05) is 22.1 Å². The van der Waals surface area contributed by atoms with Gasteiger partial charge in [0.1, 0.15) is 11.5 Å². The van der Waals surface area contributed by atoms with Gasteiger partial charge in [0.15, 0.2) is 9.84 Å². The number of anilines is 2. The van der Waals surface area contributed by atoms with E-state index in [0.29, 0.717) is 16.4 Å². The van der Waals surface area contributed by atoms with Gasteiger partial charge in [-0.2, -0.15) is 0 Å². The van der Waals surface area contributed by atoms with Crippen molar-refractivity contribution in [3.63, 3.8) is 0 Å². The summed E-state index contributed by atoms with van der Waals surface area (Å²) in [5, 5.41) is 5.43. The highest BCUT2D eigenvalue weighted by atomic mass is 35.5. The predicted molar refractivity (Wildman–Crippen MR) is 98.5 cm³/mol. The van der Waals surface area contributed by atoms with Crippen LogP contribution in [0.5, 0.6) is 0 Å². The lowest BCUT2D eigenvalue weighted by molar-refractivity contribution is -0.114. The SMILES string of the molecule is Cc1ccc(NC(=O)CS(=O)(=O)CC(=O)Nc2ccc(Cl)cc2)cc1. The Hall–Kier alpha value is -2.38. The zero-order valence-electron chi connectivity index (χ0n) is 13.5. The highest BCUT2D eigenvalue weighted by Gasteiger charge is 2.21. The summed E-state index contributed by atoms with van der Waals surface area (Å²) in [6.07, 6.45) is 0. The van der Waals surface area contributed by atoms with Gasteiger partial charge in [0.2, 0.25) is 11.8 Å². The molecule has 2 N–H and O–H groups in total. The zero-order chi connectivity index (χ0) is 18.4. The molecule has 2 aromatic rings. The molecule has 0 fully saturated rings. The average Bonchev–Trinajstić information content (AvgIpc) is 2.50. The van der Waals surface area contributed by atoms with Crippen molar-refractivity contribution in [3.05, 3.63) is 59.1 Å². The Morgan fingerprint density at radius 3 is 1.68 bits per heavy atom. The minimum atomic E-state index is -3.89. The Balaban J connectivity index is 1.89. The molecule has 2 rings (SSSR count). The maximum Gasteiger partial charge on any atom is 0.239 e. The first-order chi connectivity index (χ1) is 11.7. The minimum Gasteiger partial charge on any atom is -0.325 e. The van der Waals surface area contributed by atoms with E-state index in [-0.39, 0.29) is 0 Å². The van der Waals surface area contributed by atoms with Crippen LogP contribution in [0.2, 0.25) is 5.02 Å². The van der Waals surface area contributed by atoms with E-state index in [9.17, 15) is 18.0 Å². The van der Waals surface area contributed by atoms with Crippen molar-refractivity contribution in [2.24, 2.45) is 0 Å². The van der Waals surface area contributed by atoms with E-state index >= 15 is 0 Å². The number of sulfone groups is 1. The molecular formula is C17H17ClN2O4S. The van der Waals surface area contributed by atoms with E-state index in [0.717, 1.165) is 5.56 Å². The first kappa shape index (κ1) is 19.0. The molecule has 2 aromatic carbocycles. The van der Waals surface area contributed by atoms with Crippen molar-refractivity contribution in [2.45, 2.75) is 6.92 Å². The molecule has 132 valence electrons. The highest BCUT2D eigenvalue weighted by molar-refractivity contribution is 7.92. The standard InChI is InChI=1S/C17H17ClN2O4S/c1-12-2-6-14(7-3-12)19-16(21)10-25(23,24)11-17(22)20-15-8-4-13(18)5-9-15/h2-9H,10-11H2,1H3,(H,19,21)(H,20,22). The monoisotopic (exact) mass is 380 g/mol. The van der Waals surface area contributed by atoms with Crippen LogP contribution in [0, 0.1) is 6.92 Å². The van der Waals surface area contributed by atoms with Crippen LogP contribution >= 0.6 is 11.6 Å². The van der Waals surface area contributed by atoms with Crippen LogP contribution in [0.3, 0.4) is 0 Å². The number of halogens is 1. The minimum absolute atomic E-state index is 0.425. The van der Waals surface area contributed by atoms with Gasteiger partial charge in [-0.25, -0.2) is 8.42 Å². The second-order valence-electron chi connectivity index (χ2n) is 5.50. The quantitative estimate of drug-likeness (QED) is 0.805.